The zero-order chi connectivity index (χ0) is 34.1. The molecule has 51 heavy (non-hydrogen) atoms. The fourth-order valence-corrected chi connectivity index (χ4v) is 9.47. The Morgan fingerprint density at radius 1 is 0.412 bits per heavy atom. The third kappa shape index (κ3) is 4.82. The largest absolute Gasteiger partial charge is 0.310 e. The first kappa shape index (κ1) is 29.9. The van der Waals surface area contributed by atoms with Crippen molar-refractivity contribution in [1.82, 2.24) is 0 Å². The molecule has 8 aromatic carbocycles. The molecular formula is C49H35NS. The number of anilines is 3. The zero-order valence-corrected chi connectivity index (χ0v) is 29.4. The normalized spacial score (nSPS) is 13.1. The van der Waals surface area contributed by atoms with E-state index in [-0.39, 0.29) is 5.41 Å². The zero-order valence-electron chi connectivity index (χ0n) is 28.6. The van der Waals surface area contributed by atoms with Gasteiger partial charge in [0.15, 0.2) is 0 Å². The summed E-state index contributed by atoms with van der Waals surface area (Å²) < 4.78 is 2.67. The van der Waals surface area contributed by atoms with Crippen LogP contribution < -0.4 is 4.90 Å². The Morgan fingerprint density at radius 3 is 1.84 bits per heavy atom. The lowest BCUT2D eigenvalue weighted by atomic mass is 9.82. The minimum Gasteiger partial charge on any atom is -0.310 e. The molecule has 0 aliphatic heterocycles. The van der Waals surface area contributed by atoms with Crippen molar-refractivity contribution in [2.75, 3.05) is 4.90 Å². The van der Waals surface area contributed by atoms with Crippen LogP contribution in [-0.4, -0.2) is 0 Å². The van der Waals surface area contributed by atoms with Crippen LogP contribution >= 0.6 is 11.3 Å². The monoisotopic (exact) mass is 669 g/mol. The Kier molecular flexibility index (Phi) is 6.78. The van der Waals surface area contributed by atoms with E-state index >= 15 is 0 Å². The quantitative estimate of drug-likeness (QED) is 0.176. The van der Waals surface area contributed by atoms with Crippen LogP contribution in [0.25, 0.3) is 64.3 Å². The predicted molar refractivity (Wildman–Crippen MR) is 220 cm³/mol. The van der Waals surface area contributed by atoms with Crippen molar-refractivity contribution < 1.29 is 0 Å². The SMILES string of the molecule is CC1(C)c2ccccc2-c2cc(-c3ccc(N(c4ccc(-c5cccc6c5sc5ccccc56)cc4)c4ccc5ccccc5c4)cc3)ccc21. The van der Waals surface area contributed by atoms with Crippen LogP contribution in [0.3, 0.4) is 0 Å². The maximum absolute atomic E-state index is 2.38. The summed E-state index contributed by atoms with van der Waals surface area (Å²) in [7, 11) is 0. The molecule has 0 radical (unpaired) electrons. The molecule has 0 spiro atoms. The summed E-state index contributed by atoms with van der Waals surface area (Å²) in [5, 5.41) is 5.12. The number of hydrogen-bond donors (Lipinski definition) is 0. The van der Waals surface area contributed by atoms with E-state index in [0.29, 0.717) is 0 Å². The van der Waals surface area contributed by atoms with Crippen molar-refractivity contribution >= 4 is 59.3 Å². The van der Waals surface area contributed by atoms with E-state index in [1.165, 1.54) is 75.5 Å². The minimum absolute atomic E-state index is 0.00854. The molecule has 0 N–H and O–H groups in total. The molecule has 2 heteroatoms. The van der Waals surface area contributed by atoms with Gasteiger partial charge in [-0.05, 0) is 104 Å². The maximum Gasteiger partial charge on any atom is 0.0468 e. The van der Waals surface area contributed by atoms with Gasteiger partial charge in [-0.2, -0.15) is 0 Å². The van der Waals surface area contributed by atoms with E-state index < -0.39 is 0 Å². The summed E-state index contributed by atoms with van der Waals surface area (Å²) in [6.45, 7) is 4.68. The minimum atomic E-state index is 0.00854. The molecule has 0 fully saturated rings. The second-order valence-corrected chi connectivity index (χ2v) is 15.2. The van der Waals surface area contributed by atoms with Gasteiger partial charge in [-0.1, -0.05) is 141 Å². The molecule has 1 aliphatic carbocycles. The van der Waals surface area contributed by atoms with Crippen LogP contribution in [0, 0.1) is 0 Å². The standard InChI is InChI=1S/C49H35NS/c1-49(2)45-16-7-5-12-41(45)44-31-36(23-29-46(44)49)33-18-24-37(25-19-33)50(39-28-20-32-10-3-4-11-35(32)30-39)38-26-21-34(22-27-38)40-14-9-15-43-42-13-6-8-17-47(42)51-48(40)43/h3-31H,1-2H3. The van der Waals surface area contributed by atoms with Crippen molar-refractivity contribution in [2.45, 2.75) is 19.3 Å². The lowest BCUT2D eigenvalue weighted by Gasteiger charge is -2.26. The van der Waals surface area contributed by atoms with Crippen LogP contribution in [-0.2, 0) is 5.41 Å². The van der Waals surface area contributed by atoms with Gasteiger partial charge < -0.3 is 4.90 Å². The molecule has 1 heterocycles. The Labute approximate surface area is 302 Å². The van der Waals surface area contributed by atoms with Crippen LogP contribution in [0.4, 0.5) is 17.1 Å². The van der Waals surface area contributed by atoms with Crippen LogP contribution in [0.1, 0.15) is 25.0 Å². The molecular weight excluding hydrogens is 635 g/mol. The lowest BCUT2D eigenvalue weighted by Crippen LogP contribution is -2.14. The van der Waals surface area contributed by atoms with Crippen LogP contribution in [0.15, 0.2) is 176 Å². The molecule has 0 saturated carbocycles. The number of nitrogens with zero attached hydrogens (tertiary/aromatic N) is 1. The number of thiophene rings is 1. The topological polar surface area (TPSA) is 3.24 Å². The highest BCUT2D eigenvalue weighted by atomic mass is 32.1. The van der Waals surface area contributed by atoms with E-state index in [9.17, 15) is 0 Å². The number of hydrogen-bond acceptors (Lipinski definition) is 2. The molecule has 9 aromatic rings. The van der Waals surface area contributed by atoms with Crippen molar-refractivity contribution in [3.05, 3.63) is 187 Å². The van der Waals surface area contributed by atoms with E-state index in [2.05, 4.69) is 195 Å². The summed E-state index contributed by atoms with van der Waals surface area (Å²) in [5.41, 5.74) is 13.9. The fraction of sp³-hybridized carbons (Fsp3) is 0.0612. The third-order valence-corrected chi connectivity index (χ3v) is 12.1. The molecule has 0 saturated heterocycles. The molecule has 0 atom stereocenters. The van der Waals surface area contributed by atoms with Gasteiger partial charge in [0, 0.05) is 42.6 Å². The Hall–Kier alpha value is -5.96. The molecule has 242 valence electrons. The summed E-state index contributed by atoms with van der Waals surface area (Å²) in [6.07, 6.45) is 0. The van der Waals surface area contributed by atoms with Gasteiger partial charge in [0.2, 0.25) is 0 Å². The molecule has 10 rings (SSSR count). The van der Waals surface area contributed by atoms with Gasteiger partial charge in [0.05, 0.1) is 0 Å². The van der Waals surface area contributed by atoms with E-state index in [4.69, 9.17) is 0 Å². The second-order valence-electron chi connectivity index (χ2n) is 14.2. The number of fused-ring (bicyclic) bond motifs is 7. The first-order chi connectivity index (χ1) is 25.0. The predicted octanol–water partition coefficient (Wildman–Crippen LogP) is 14.3. The highest BCUT2D eigenvalue weighted by Crippen LogP contribution is 2.50. The average molecular weight is 670 g/mol. The van der Waals surface area contributed by atoms with Gasteiger partial charge in [0.25, 0.3) is 0 Å². The Balaban J connectivity index is 1.05. The smallest absolute Gasteiger partial charge is 0.0468 e. The van der Waals surface area contributed by atoms with Gasteiger partial charge >= 0.3 is 0 Å². The Morgan fingerprint density at radius 2 is 1.02 bits per heavy atom. The first-order valence-electron chi connectivity index (χ1n) is 17.7. The molecule has 0 unspecified atom stereocenters. The van der Waals surface area contributed by atoms with E-state index in [1.807, 2.05) is 11.3 Å². The summed E-state index contributed by atoms with van der Waals surface area (Å²) >= 11 is 1.88. The third-order valence-electron chi connectivity index (χ3n) is 10.9. The summed E-state index contributed by atoms with van der Waals surface area (Å²) in [6, 6.07) is 64.8. The van der Waals surface area contributed by atoms with Crippen LogP contribution in [0.5, 0.6) is 0 Å². The van der Waals surface area contributed by atoms with Gasteiger partial charge in [-0.25, -0.2) is 0 Å². The van der Waals surface area contributed by atoms with Crippen molar-refractivity contribution in [3.8, 4) is 33.4 Å². The van der Waals surface area contributed by atoms with Gasteiger partial charge in [0.1, 0.15) is 0 Å². The van der Waals surface area contributed by atoms with Crippen LogP contribution in [0.2, 0.25) is 0 Å². The average Bonchev–Trinajstić information content (AvgIpc) is 3.67. The Bertz CT molecular complexity index is 2770. The second kappa shape index (κ2) is 11.6. The molecule has 1 aromatic heterocycles. The lowest BCUT2D eigenvalue weighted by molar-refractivity contribution is 0.660. The molecule has 0 amide bonds. The summed E-state index contributed by atoms with van der Waals surface area (Å²) in [4.78, 5) is 2.38. The van der Waals surface area contributed by atoms with E-state index in [1.54, 1.807) is 0 Å². The molecule has 1 nitrogen and oxygen atoms in total. The van der Waals surface area contributed by atoms with Crippen molar-refractivity contribution in [2.24, 2.45) is 0 Å². The van der Waals surface area contributed by atoms with Crippen molar-refractivity contribution in [3.63, 3.8) is 0 Å². The number of rotatable bonds is 5. The summed E-state index contributed by atoms with van der Waals surface area (Å²) in [5.74, 6) is 0. The maximum atomic E-state index is 2.38. The highest BCUT2D eigenvalue weighted by molar-refractivity contribution is 7.26. The molecule has 0 bridgehead atoms. The number of benzene rings is 8. The fourth-order valence-electron chi connectivity index (χ4n) is 8.23. The van der Waals surface area contributed by atoms with Crippen molar-refractivity contribution in [1.29, 1.82) is 0 Å². The van der Waals surface area contributed by atoms with Gasteiger partial charge in [-0.3, -0.25) is 0 Å². The molecule has 1 aliphatic rings. The first-order valence-corrected chi connectivity index (χ1v) is 18.5. The van der Waals surface area contributed by atoms with Gasteiger partial charge in [-0.15, -0.1) is 11.3 Å². The highest BCUT2D eigenvalue weighted by Gasteiger charge is 2.35. The van der Waals surface area contributed by atoms with E-state index in [0.717, 1.165) is 17.1 Å².